The number of carbonyl (C=O) groups excluding carboxylic acids is 2. The molecule has 0 aliphatic carbocycles. The molecule has 2 atom stereocenters. The third-order valence-electron chi connectivity index (χ3n) is 3.71. The number of benzene rings is 1. The van der Waals surface area contributed by atoms with Crippen molar-refractivity contribution in [2.75, 3.05) is 18.2 Å². The molecule has 1 aromatic carbocycles. The number of hydrogen-bond donors (Lipinski definition) is 3. The molecule has 1 aliphatic rings. The van der Waals surface area contributed by atoms with E-state index in [2.05, 4.69) is 0 Å². The van der Waals surface area contributed by atoms with Crippen molar-refractivity contribution in [2.24, 2.45) is 5.92 Å². The number of nitrogens with one attached hydrogen (secondary N) is 1. The topological polar surface area (TPSA) is 116 Å². The molecule has 0 bridgehead atoms. The molecule has 2 unspecified atom stereocenters. The average Bonchev–Trinajstić information content (AvgIpc) is 2.55. The van der Waals surface area contributed by atoms with Crippen LogP contribution in [-0.2, 0) is 19.2 Å². The third-order valence-corrected chi connectivity index (χ3v) is 3.71. The number of aliphatic hydroxyl groups is 1. The van der Waals surface area contributed by atoms with Crippen molar-refractivity contribution in [3.8, 4) is 0 Å². The van der Waals surface area contributed by atoms with E-state index in [4.69, 9.17) is 9.94 Å². The van der Waals surface area contributed by atoms with Gasteiger partial charge >= 0.3 is 5.97 Å². The molecule has 0 spiro atoms. The highest BCUT2D eigenvalue weighted by atomic mass is 19.3. The van der Waals surface area contributed by atoms with E-state index in [1.54, 1.807) is 12.1 Å². The number of alkyl halides is 2. The van der Waals surface area contributed by atoms with Crippen molar-refractivity contribution in [1.29, 1.82) is 0 Å². The monoisotopic (exact) mass is 372 g/mol. The van der Waals surface area contributed by atoms with Gasteiger partial charge in [0.05, 0.1) is 12.3 Å². The minimum Gasteiger partial charge on any atom is -0.480 e. The maximum absolute atomic E-state index is 13.0. The molecule has 1 aromatic rings. The number of carbonyl (C=O) groups is 3. The highest BCUT2D eigenvalue weighted by Gasteiger charge is 2.45. The third kappa shape index (κ3) is 4.52. The number of aliphatic carboxylic acids is 1. The SMILES string of the molecule is CC(F)(F)CCON1C(=O)C(C(=O)NCC(=O)O)C(O)c2ccccc21. The van der Waals surface area contributed by atoms with Crippen molar-refractivity contribution in [3.05, 3.63) is 29.8 Å². The van der Waals surface area contributed by atoms with Crippen LogP contribution in [0.25, 0.3) is 0 Å². The Labute approximate surface area is 147 Å². The Morgan fingerprint density at radius 1 is 1.35 bits per heavy atom. The minimum atomic E-state index is -3.00. The van der Waals surface area contributed by atoms with Gasteiger partial charge in [-0.2, -0.15) is 5.06 Å². The fraction of sp³-hybridized carbons (Fsp3) is 0.438. The van der Waals surface area contributed by atoms with E-state index in [9.17, 15) is 28.3 Å². The minimum absolute atomic E-state index is 0.131. The molecule has 0 aromatic heterocycles. The van der Waals surface area contributed by atoms with Crippen LogP contribution in [0.4, 0.5) is 14.5 Å². The second kappa shape index (κ2) is 7.75. The number of rotatable bonds is 7. The van der Waals surface area contributed by atoms with Gasteiger partial charge in [-0.3, -0.25) is 19.2 Å². The lowest BCUT2D eigenvalue weighted by Crippen LogP contribution is -2.50. The van der Waals surface area contributed by atoms with Crippen LogP contribution >= 0.6 is 0 Å². The number of halogens is 2. The number of aliphatic hydroxyl groups excluding tert-OH is 1. The number of carboxylic acid groups (broad SMARTS) is 1. The van der Waals surface area contributed by atoms with Crippen LogP contribution in [0.3, 0.4) is 0 Å². The summed E-state index contributed by atoms with van der Waals surface area (Å²) in [5, 5.41) is 21.7. The van der Waals surface area contributed by atoms with Gasteiger partial charge < -0.3 is 15.5 Å². The van der Waals surface area contributed by atoms with Crippen LogP contribution in [0.2, 0.25) is 0 Å². The fourth-order valence-electron chi connectivity index (χ4n) is 2.46. The fourth-order valence-corrected chi connectivity index (χ4v) is 2.46. The molecule has 0 saturated carbocycles. The molecule has 8 nitrogen and oxygen atoms in total. The predicted octanol–water partition coefficient (Wildman–Crippen LogP) is 0.861. The summed E-state index contributed by atoms with van der Waals surface area (Å²) >= 11 is 0. The molecule has 2 amide bonds. The van der Waals surface area contributed by atoms with Crippen LogP contribution in [0.15, 0.2) is 24.3 Å². The molecule has 2 rings (SSSR count). The van der Waals surface area contributed by atoms with Gasteiger partial charge in [0.15, 0.2) is 0 Å². The zero-order chi connectivity index (χ0) is 19.5. The summed E-state index contributed by atoms with van der Waals surface area (Å²) in [6.45, 7) is -0.530. The summed E-state index contributed by atoms with van der Waals surface area (Å²) < 4.78 is 25.9. The Hall–Kier alpha value is -2.59. The highest BCUT2D eigenvalue weighted by Crippen LogP contribution is 2.38. The van der Waals surface area contributed by atoms with E-state index in [0.29, 0.717) is 12.0 Å². The number of amides is 2. The van der Waals surface area contributed by atoms with Crippen molar-refractivity contribution >= 4 is 23.5 Å². The maximum atomic E-state index is 13.0. The molecule has 0 saturated heterocycles. The van der Waals surface area contributed by atoms with E-state index >= 15 is 0 Å². The van der Waals surface area contributed by atoms with Crippen molar-refractivity contribution in [1.82, 2.24) is 5.32 Å². The molecule has 142 valence electrons. The average molecular weight is 372 g/mol. The summed E-state index contributed by atoms with van der Waals surface area (Å²) in [6, 6.07) is 6.00. The number of hydroxylamine groups is 1. The molecule has 3 N–H and O–H groups in total. The zero-order valence-corrected chi connectivity index (χ0v) is 13.8. The van der Waals surface area contributed by atoms with Gasteiger partial charge in [0, 0.05) is 12.0 Å². The van der Waals surface area contributed by atoms with E-state index in [1.165, 1.54) is 12.1 Å². The van der Waals surface area contributed by atoms with Gasteiger partial charge in [0.2, 0.25) is 11.8 Å². The molecule has 1 aliphatic heterocycles. The quantitative estimate of drug-likeness (QED) is 0.612. The van der Waals surface area contributed by atoms with Crippen molar-refractivity contribution in [2.45, 2.75) is 25.4 Å². The van der Waals surface area contributed by atoms with Crippen LogP contribution in [0.5, 0.6) is 0 Å². The molecular formula is C16H18F2N2O6. The molecule has 0 radical (unpaired) electrons. The molecule has 26 heavy (non-hydrogen) atoms. The first kappa shape index (κ1) is 19.7. The number of nitrogens with zero attached hydrogens (tertiary/aromatic N) is 1. The van der Waals surface area contributed by atoms with E-state index in [-0.39, 0.29) is 11.3 Å². The Morgan fingerprint density at radius 3 is 2.62 bits per heavy atom. The van der Waals surface area contributed by atoms with Gasteiger partial charge in [-0.25, -0.2) is 8.78 Å². The molecule has 1 heterocycles. The molecular weight excluding hydrogens is 354 g/mol. The van der Waals surface area contributed by atoms with Crippen LogP contribution in [0, 0.1) is 5.92 Å². The first-order chi connectivity index (χ1) is 12.1. The van der Waals surface area contributed by atoms with E-state index in [1.807, 2.05) is 5.32 Å². The van der Waals surface area contributed by atoms with Crippen molar-refractivity contribution < 1.29 is 38.2 Å². The summed E-state index contributed by atoms with van der Waals surface area (Å²) in [6.07, 6.45) is -2.18. The van der Waals surface area contributed by atoms with Crippen LogP contribution in [0.1, 0.15) is 25.0 Å². The smallest absolute Gasteiger partial charge is 0.322 e. The van der Waals surface area contributed by atoms with Crippen LogP contribution < -0.4 is 10.4 Å². The number of anilines is 1. The summed E-state index contributed by atoms with van der Waals surface area (Å²) in [7, 11) is 0. The normalized spacial score (nSPS) is 19.8. The second-order valence-electron chi connectivity index (χ2n) is 5.88. The largest absolute Gasteiger partial charge is 0.480 e. The maximum Gasteiger partial charge on any atom is 0.322 e. The highest BCUT2D eigenvalue weighted by molar-refractivity contribution is 6.09. The Bertz CT molecular complexity index is 706. The van der Waals surface area contributed by atoms with Gasteiger partial charge in [-0.15, -0.1) is 0 Å². The lowest BCUT2D eigenvalue weighted by atomic mass is 9.89. The first-order valence-electron chi connectivity index (χ1n) is 7.73. The van der Waals surface area contributed by atoms with Gasteiger partial charge in [0.1, 0.15) is 18.6 Å². The lowest BCUT2D eigenvalue weighted by molar-refractivity contribution is -0.147. The Balaban J connectivity index is 2.26. The summed E-state index contributed by atoms with van der Waals surface area (Å²) in [5.74, 6) is -7.97. The second-order valence-corrected chi connectivity index (χ2v) is 5.88. The van der Waals surface area contributed by atoms with E-state index in [0.717, 1.165) is 0 Å². The number of carboxylic acids is 1. The van der Waals surface area contributed by atoms with Crippen molar-refractivity contribution in [3.63, 3.8) is 0 Å². The van der Waals surface area contributed by atoms with E-state index < -0.39 is 55.3 Å². The van der Waals surface area contributed by atoms with Crippen LogP contribution in [-0.4, -0.2) is 47.1 Å². The standard InChI is InChI=1S/C16H18F2N2O6/c1-16(17,18)6-7-26-20-10-5-3-2-4-9(10)13(23)12(15(20)25)14(24)19-8-11(21)22/h2-5,12-13,23H,6-8H2,1H3,(H,19,24)(H,21,22). The number of para-hydroxylation sites is 1. The predicted molar refractivity (Wildman–Crippen MR) is 84.2 cm³/mol. The van der Waals surface area contributed by atoms with Gasteiger partial charge in [-0.05, 0) is 13.0 Å². The summed E-state index contributed by atoms with van der Waals surface area (Å²) in [4.78, 5) is 40.5. The Morgan fingerprint density at radius 2 is 2.00 bits per heavy atom. The van der Waals surface area contributed by atoms with Gasteiger partial charge in [0.25, 0.3) is 5.91 Å². The number of hydrogen-bond acceptors (Lipinski definition) is 5. The zero-order valence-electron chi connectivity index (χ0n) is 13.8. The summed E-state index contributed by atoms with van der Waals surface area (Å²) in [5.41, 5.74) is 0.317. The Kier molecular flexibility index (Phi) is 5.88. The number of fused-ring (bicyclic) bond motifs is 1. The van der Waals surface area contributed by atoms with Gasteiger partial charge in [-0.1, -0.05) is 18.2 Å². The molecule has 0 fully saturated rings. The molecule has 10 heteroatoms. The lowest BCUT2D eigenvalue weighted by Gasteiger charge is -2.35. The first-order valence-corrected chi connectivity index (χ1v) is 7.73.